The third kappa shape index (κ3) is 1.80. The Balaban J connectivity index is 2.73. The van der Waals surface area contributed by atoms with E-state index < -0.39 is 0 Å². The molecule has 11 heavy (non-hydrogen) atoms. The van der Waals surface area contributed by atoms with Crippen LogP contribution in [0.3, 0.4) is 0 Å². The lowest BCUT2D eigenvalue weighted by atomic mass is 10.1. The second kappa shape index (κ2) is 3.53. The summed E-state index contributed by atoms with van der Waals surface area (Å²) in [7, 11) is 1.96. The van der Waals surface area contributed by atoms with Gasteiger partial charge in [-0.15, -0.1) is 0 Å². The lowest BCUT2D eigenvalue weighted by Crippen LogP contribution is -2.15. The number of hydrogen-bond acceptors (Lipinski definition) is 2. The molecule has 1 aromatic rings. The van der Waals surface area contributed by atoms with Crippen LogP contribution in [0.2, 0.25) is 0 Å². The second-order valence-corrected chi connectivity index (χ2v) is 2.71. The molecule has 0 aromatic carbocycles. The number of nitrogens with zero attached hydrogens (tertiary/aromatic N) is 1. The highest BCUT2D eigenvalue weighted by molar-refractivity contribution is 5.10. The van der Waals surface area contributed by atoms with Crippen molar-refractivity contribution in [3.05, 3.63) is 17.5 Å². The van der Waals surface area contributed by atoms with E-state index in [1.165, 1.54) is 5.69 Å². The molecule has 1 aromatic heterocycles. The number of hydrogen-bond donors (Lipinski definition) is 2. The predicted molar refractivity (Wildman–Crippen MR) is 45.4 cm³/mol. The summed E-state index contributed by atoms with van der Waals surface area (Å²) < 4.78 is 0. The molecule has 0 saturated heterocycles. The summed E-state index contributed by atoms with van der Waals surface area (Å²) in [6, 6.07) is 2.49. The van der Waals surface area contributed by atoms with E-state index in [1.807, 2.05) is 14.0 Å². The van der Waals surface area contributed by atoms with Gasteiger partial charge in [0.15, 0.2) is 0 Å². The van der Waals surface area contributed by atoms with Gasteiger partial charge in [-0.2, -0.15) is 5.10 Å². The van der Waals surface area contributed by atoms with Crippen molar-refractivity contribution < 1.29 is 0 Å². The van der Waals surface area contributed by atoms with Crippen LogP contribution in [-0.4, -0.2) is 17.2 Å². The molecule has 0 aliphatic heterocycles. The molecule has 0 radical (unpaired) electrons. The van der Waals surface area contributed by atoms with Gasteiger partial charge in [-0.1, -0.05) is 6.92 Å². The van der Waals surface area contributed by atoms with E-state index >= 15 is 0 Å². The van der Waals surface area contributed by atoms with E-state index in [2.05, 4.69) is 28.5 Å². The molecule has 0 spiro atoms. The molecule has 3 nitrogen and oxygen atoms in total. The first-order valence-corrected chi connectivity index (χ1v) is 3.97. The van der Waals surface area contributed by atoms with Crippen LogP contribution in [0.5, 0.6) is 0 Å². The maximum Gasteiger partial charge on any atom is 0.0594 e. The first-order chi connectivity index (χ1) is 5.27. The summed E-state index contributed by atoms with van der Waals surface area (Å²) >= 11 is 0. The Morgan fingerprint density at radius 3 is 2.82 bits per heavy atom. The maximum atomic E-state index is 4.07. The summed E-state index contributed by atoms with van der Waals surface area (Å²) in [6.45, 7) is 4.14. The fourth-order valence-electron chi connectivity index (χ4n) is 1.20. The number of nitrogens with one attached hydrogen (secondary N) is 2. The van der Waals surface area contributed by atoms with E-state index in [1.54, 1.807) is 0 Å². The van der Waals surface area contributed by atoms with Crippen molar-refractivity contribution in [3.63, 3.8) is 0 Å². The molecule has 3 heteroatoms. The van der Waals surface area contributed by atoms with E-state index in [9.17, 15) is 0 Å². The van der Waals surface area contributed by atoms with Crippen LogP contribution in [0.25, 0.3) is 0 Å². The third-order valence-electron chi connectivity index (χ3n) is 1.86. The number of aromatic nitrogens is 2. The van der Waals surface area contributed by atoms with E-state index in [0.717, 1.165) is 12.1 Å². The summed E-state index contributed by atoms with van der Waals surface area (Å²) in [6.07, 6.45) is 1.08. The average Bonchev–Trinajstić information content (AvgIpc) is 2.39. The Kier molecular flexibility index (Phi) is 2.65. The predicted octanol–water partition coefficient (Wildman–Crippen LogP) is 1.39. The Hall–Kier alpha value is -0.830. The van der Waals surface area contributed by atoms with Crippen molar-refractivity contribution >= 4 is 0 Å². The van der Waals surface area contributed by atoms with Gasteiger partial charge in [0.05, 0.1) is 11.4 Å². The second-order valence-electron chi connectivity index (χ2n) is 2.71. The Morgan fingerprint density at radius 2 is 2.45 bits per heavy atom. The van der Waals surface area contributed by atoms with Gasteiger partial charge in [0, 0.05) is 6.04 Å². The lowest BCUT2D eigenvalue weighted by Gasteiger charge is -2.09. The molecule has 0 amide bonds. The SMILES string of the molecule is CCC(NC)c1cc(C)n[nH]1. The quantitative estimate of drug-likeness (QED) is 0.689. The molecule has 2 N–H and O–H groups in total. The smallest absolute Gasteiger partial charge is 0.0594 e. The van der Waals surface area contributed by atoms with Gasteiger partial charge in [0.25, 0.3) is 0 Å². The zero-order valence-corrected chi connectivity index (χ0v) is 7.31. The topological polar surface area (TPSA) is 40.7 Å². The Labute approximate surface area is 67.2 Å². The van der Waals surface area contributed by atoms with Crippen LogP contribution < -0.4 is 5.32 Å². The van der Waals surface area contributed by atoms with E-state index in [-0.39, 0.29) is 0 Å². The average molecular weight is 153 g/mol. The molecule has 0 saturated carbocycles. The summed E-state index contributed by atoms with van der Waals surface area (Å²) in [5, 5.41) is 10.3. The van der Waals surface area contributed by atoms with Gasteiger partial charge in [-0.05, 0) is 26.5 Å². The van der Waals surface area contributed by atoms with Gasteiger partial charge in [0.2, 0.25) is 0 Å². The van der Waals surface area contributed by atoms with Gasteiger partial charge >= 0.3 is 0 Å². The van der Waals surface area contributed by atoms with Crippen molar-refractivity contribution in [2.75, 3.05) is 7.05 Å². The van der Waals surface area contributed by atoms with Crippen LogP contribution in [0.4, 0.5) is 0 Å². The zero-order chi connectivity index (χ0) is 8.27. The zero-order valence-electron chi connectivity index (χ0n) is 7.31. The van der Waals surface area contributed by atoms with Gasteiger partial charge in [-0.25, -0.2) is 0 Å². The molecule has 1 rings (SSSR count). The molecular formula is C8H15N3. The van der Waals surface area contributed by atoms with Crippen LogP contribution in [0, 0.1) is 6.92 Å². The minimum absolute atomic E-state index is 0.413. The highest BCUT2D eigenvalue weighted by Gasteiger charge is 2.07. The Bertz CT molecular complexity index is 213. The van der Waals surface area contributed by atoms with Gasteiger partial charge in [0.1, 0.15) is 0 Å². The van der Waals surface area contributed by atoms with E-state index in [0.29, 0.717) is 6.04 Å². The molecule has 1 unspecified atom stereocenters. The third-order valence-corrected chi connectivity index (χ3v) is 1.86. The molecule has 0 aliphatic carbocycles. The lowest BCUT2D eigenvalue weighted by molar-refractivity contribution is 0.560. The van der Waals surface area contributed by atoms with Crippen molar-refractivity contribution in [1.82, 2.24) is 15.5 Å². The monoisotopic (exact) mass is 153 g/mol. The number of rotatable bonds is 3. The summed E-state index contributed by atoms with van der Waals surface area (Å²) in [5.74, 6) is 0. The highest BCUT2D eigenvalue weighted by atomic mass is 15.1. The minimum Gasteiger partial charge on any atom is -0.312 e. The maximum absolute atomic E-state index is 4.07. The van der Waals surface area contributed by atoms with Crippen LogP contribution in [0.15, 0.2) is 6.07 Å². The molecular weight excluding hydrogens is 138 g/mol. The van der Waals surface area contributed by atoms with Gasteiger partial charge in [-0.3, -0.25) is 5.10 Å². The Morgan fingerprint density at radius 1 is 1.73 bits per heavy atom. The first kappa shape index (κ1) is 8.27. The minimum atomic E-state index is 0.413. The first-order valence-electron chi connectivity index (χ1n) is 3.97. The number of H-pyrrole nitrogens is 1. The van der Waals surface area contributed by atoms with E-state index in [4.69, 9.17) is 0 Å². The largest absolute Gasteiger partial charge is 0.312 e. The molecule has 1 heterocycles. The van der Waals surface area contributed by atoms with Crippen molar-refractivity contribution in [1.29, 1.82) is 0 Å². The summed E-state index contributed by atoms with van der Waals surface area (Å²) in [5.41, 5.74) is 2.22. The van der Waals surface area contributed by atoms with Crippen LogP contribution in [0.1, 0.15) is 30.8 Å². The number of aryl methyl sites for hydroxylation is 1. The highest BCUT2D eigenvalue weighted by Crippen LogP contribution is 2.13. The molecule has 1 atom stereocenters. The van der Waals surface area contributed by atoms with Crippen molar-refractivity contribution in [2.45, 2.75) is 26.3 Å². The van der Waals surface area contributed by atoms with Crippen LogP contribution in [-0.2, 0) is 0 Å². The van der Waals surface area contributed by atoms with Crippen molar-refractivity contribution in [3.8, 4) is 0 Å². The molecule has 62 valence electrons. The fraction of sp³-hybridized carbons (Fsp3) is 0.625. The molecule has 0 fully saturated rings. The standard InChI is InChI=1S/C8H15N3/c1-4-7(9-3)8-5-6(2)10-11-8/h5,7,9H,4H2,1-3H3,(H,10,11). The fourth-order valence-corrected chi connectivity index (χ4v) is 1.20. The van der Waals surface area contributed by atoms with Crippen LogP contribution >= 0.6 is 0 Å². The number of aromatic amines is 1. The normalized spacial score (nSPS) is 13.4. The molecule has 0 aliphatic rings. The molecule has 0 bridgehead atoms. The van der Waals surface area contributed by atoms with Gasteiger partial charge < -0.3 is 5.32 Å². The summed E-state index contributed by atoms with van der Waals surface area (Å²) in [4.78, 5) is 0. The van der Waals surface area contributed by atoms with Crippen molar-refractivity contribution in [2.24, 2.45) is 0 Å².